The predicted octanol–water partition coefficient (Wildman–Crippen LogP) is 1.66. The van der Waals surface area contributed by atoms with Gasteiger partial charge in [-0.1, -0.05) is 6.92 Å². The summed E-state index contributed by atoms with van der Waals surface area (Å²) < 4.78 is 39.0. The van der Waals surface area contributed by atoms with Crippen LogP contribution in [0, 0.1) is 0 Å². The van der Waals surface area contributed by atoms with Crippen LogP contribution < -0.4 is 5.73 Å². The lowest BCUT2D eigenvalue weighted by Gasteiger charge is -1.94. The number of rotatable bonds is 1. The Morgan fingerprint density at radius 2 is 1.33 bits per heavy atom. The van der Waals surface area contributed by atoms with Crippen LogP contribution in [0.3, 0.4) is 0 Å². The van der Waals surface area contributed by atoms with E-state index < -0.39 is 7.25 Å². The monoisotopic (exact) mass is 146 g/mol. The lowest BCUT2D eigenvalue weighted by Crippen LogP contribution is -2.02. The van der Waals surface area contributed by atoms with Crippen LogP contribution in [-0.4, -0.2) is 13.8 Å². The van der Waals surface area contributed by atoms with E-state index in [1.165, 1.54) is 0 Å². The van der Waals surface area contributed by atoms with Crippen LogP contribution in [0.25, 0.3) is 0 Å². The number of hydrogen-bond acceptors (Lipinski definition) is 1. The van der Waals surface area contributed by atoms with Gasteiger partial charge in [0.1, 0.15) is 0 Å². The Bertz CT molecular complexity index is 46.3. The Labute approximate surface area is 51.3 Å². The molecule has 0 saturated carbocycles. The Morgan fingerprint density at radius 1 is 1.22 bits per heavy atom. The molecule has 1 nitrogen and oxygen atoms in total. The summed E-state index contributed by atoms with van der Waals surface area (Å²) in [7, 11) is -6.00. The van der Waals surface area contributed by atoms with Crippen molar-refractivity contribution in [2.75, 3.05) is 6.54 Å². The zero-order valence-electron chi connectivity index (χ0n) is 5.08. The molecule has 0 spiro atoms. The van der Waals surface area contributed by atoms with Gasteiger partial charge < -0.3 is 23.0 Å². The minimum absolute atomic E-state index is 0.819. The van der Waals surface area contributed by atoms with Crippen molar-refractivity contribution < 1.29 is 17.3 Å². The van der Waals surface area contributed by atoms with Gasteiger partial charge in [0.05, 0.1) is 0 Å². The molecule has 0 atom stereocenters. The first kappa shape index (κ1) is 11.5. The topological polar surface area (TPSA) is 26.0 Å². The number of halogens is 4. The molecule has 2 N–H and O–H groups in total. The lowest BCUT2D eigenvalue weighted by atomic mass is 10.3. The standard InChI is InChI=1S/C3H9N.BF4/c1-2-3-4;2-1(3,4)5/h2-4H2,1H3;/q;-1. The normalized spacial score (nSPS) is 10.0. The van der Waals surface area contributed by atoms with E-state index in [1.54, 1.807) is 0 Å². The average molecular weight is 146 g/mol. The van der Waals surface area contributed by atoms with Crippen LogP contribution >= 0.6 is 0 Å². The fourth-order valence-electron chi connectivity index (χ4n) is 0. The molecule has 6 heteroatoms. The second-order valence-electron chi connectivity index (χ2n) is 1.28. The third-order valence-corrected chi connectivity index (χ3v) is 0.289. The molecule has 0 aromatic rings. The molecule has 0 aromatic heterocycles. The quantitative estimate of drug-likeness (QED) is 0.441. The first-order chi connectivity index (χ1) is 3.91. The number of nitrogens with two attached hydrogens (primary N) is 1. The molecule has 0 bridgehead atoms. The van der Waals surface area contributed by atoms with Gasteiger partial charge in [-0.2, -0.15) is 0 Å². The molecule has 0 aliphatic carbocycles. The van der Waals surface area contributed by atoms with Crippen LogP contribution in [0.4, 0.5) is 17.3 Å². The van der Waals surface area contributed by atoms with Gasteiger partial charge in [-0.15, -0.1) is 0 Å². The van der Waals surface area contributed by atoms with Crippen molar-refractivity contribution in [3.8, 4) is 0 Å². The summed E-state index contributed by atoms with van der Waals surface area (Å²) in [5.41, 5.74) is 5.03. The Kier molecular flexibility index (Phi) is 7.53. The molecular formula is C3H9BF4N-. The van der Waals surface area contributed by atoms with E-state index >= 15 is 0 Å². The molecule has 0 amide bonds. The maximum absolute atomic E-state index is 9.75. The molecule has 0 unspecified atom stereocenters. The summed E-state index contributed by atoms with van der Waals surface area (Å²) in [5, 5.41) is 0. The zero-order chi connectivity index (χ0) is 7.91. The smallest absolute Gasteiger partial charge is 0.418 e. The fourth-order valence-corrected chi connectivity index (χ4v) is 0. The molecule has 9 heavy (non-hydrogen) atoms. The van der Waals surface area contributed by atoms with Crippen LogP contribution in [0.5, 0.6) is 0 Å². The Morgan fingerprint density at radius 3 is 1.33 bits per heavy atom. The highest BCUT2D eigenvalue weighted by Gasteiger charge is 2.20. The largest absolute Gasteiger partial charge is 0.673 e. The summed E-state index contributed by atoms with van der Waals surface area (Å²) in [6.45, 7) is 2.88. The molecular weight excluding hydrogens is 137 g/mol. The molecule has 0 saturated heterocycles. The van der Waals surface area contributed by atoms with Crippen molar-refractivity contribution in [2.45, 2.75) is 13.3 Å². The van der Waals surface area contributed by atoms with Gasteiger partial charge in [-0.05, 0) is 13.0 Å². The van der Waals surface area contributed by atoms with Gasteiger partial charge in [0, 0.05) is 0 Å². The van der Waals surface area contributed by atoms with Gasteiger partial charge in [-0.25, -0.2) is 0 Å². The highest BCUT2D eigenvalue weighted by Crippen LogP contribution is 2.06. The first-order valence-corrected chi connectivity index (χ1v) is 2.49. The van der Waals surface area contributed by atoms with Gasteiger partial charge in [0.15, 0.2) is 0 Å². The summed E-state index contributed by atoms with van der Waals surface area (Å²) in [6, 6.07) is 0. The van der Waals surface area contributed by atoms with E-state index in [-0.39, 0.29) is 0 Å². The zero-order valence-corrected chi connectivity index (χ0v) is 5.08. The summed E-state index contributed by atoms with van der Waals surface area (Å²) in [4.78, 5) is 0. The Balaban J connectivity index is 0. The van der Waals surface area contributed by atoms with Crippen molar-refractivity contribution >= 4 is 7.25 Å². The van der Waals surface area contributed by atoms with Crippen LogP contribution in [0.1, 0.15) is 13.3 Å². The number of hydrogen-bond donors (Lipinski definition) is 1. The predicted molar refractivity (Wildman–Crippen MR) is 29.5 cm³/mol. The van der Waals surface area contributed by atoms with Crippen molar-refractivity contribution in [1.82, 2.24) is 0 Å². The highest BCUT2D eigenvalue weighted by molar-refractivity contribution is 6.50. The van der Waals surface area contributed by atoms with E-state index in [4.69, 9.17) is 5.73 Å². The molecule has 0 aliphatic rings. The second kappa shape index (κ2) is 5.87. The fraction of sp³-hybridized carbons (Fsp3) is 1.00. The highest BCUT2D eigenvalue weighted by atomic mass is 19.5. The minimum Gasteiger partial charge on any atom is -0.418 e. The van der Waals surface area contributed by atoms with Crippen LogP contribution in [-0.2, 0) is 0 Å². The summed E-state index contributed by atoms with van der Waals surface area (Å²) >= 11 is 0. The third kappa shape index (κ3) is 461. The van der Waals surface area contributed by atoms with E-state index in [0.29, 0.717) is 0 Å². The van der Waals surface area contributed by atoms with Gasteiger partial charge in [0.25, 0.3) is 0 Å². The maximum Gasteiger partial charge on any atom is 0.673 e. The van der Waals surface area contributed by atoms with Crippen LogP contribution in [0.15, 0.2) is 0 Å². The third-order valence-electron chi connectivity index (χ3n) is 0.289. The average Bonchev–Trinajstić information content (AvgIpc) is 1.61. The van der Waals surface area contributed by atoms with Crippen molar-refractivity contribution in [3.05, 3.63) is 0 Å². The minimum atomic E-state index is -6.00. The molecule has 0 heterocycles. The summed E-state index contributed by atoms with van der Waals surface area (Å²) in [5.74, 6) is 0. The molecule has 0 rings (SSSR count). The molecule has 0 radical (unpaired) electrons. The van der Waals surface area contributed by atoms with E-state index in [0.717, 1.165) is 13.0 Å². The first-order valence-electron chi connectivity index (χ1n) is 2.49. The molecule has 58 valence electrons. The SMILES string of the molecule is CCCN.F[B-](F)(F)F. The van der Waals surface area contributed by atoms with E-state index in [1.807, 2.05) is 0 Å². The Hall–Kier alpha value is -0.255. The van der Waals surface area contributed by atoms with Crippen molar-refractivity contribution in [2.24, 2.45) is 5.73 Å². The van der Waals surface area contributed by atoms with E-state index in [9.17, 15) is 17.3 Å². The second-order valence-corrected chi connectivity index (χ2v) is 1.28. The van der Waals surface area contributed by atoms with Gasteiger partial charge in [0.2, 0.25) is 0 Å². The van der Waals surface area contributed by atoms with Crippen molar-refractivity contribution in [1.29, 1.82) is 0 Å². The van der Waals surface area contributed by atoms with Gasteiger partial charge in [-0.3, -0.25) is 0 Å². The maximum atomic E-state index is 9.75. The van der Waals surface area contributed by atoms with Crippen molar-refractivity contribution in [3.63, 3.8) is 0 Å². The van der Waals surface area contributed by atoms with Crippen LogP contribution in [0.2, 0.25) is 0 Å². The molecule has 0 aliphatic heterocycles. The molecule has 0 aromatic carbocycles. The summed E-state index contributed by atoms with van der Waals surface area (Å²) in [6.07, 6.45) is 1.10. The molecule has 0 fully saturated rings. The lowest BCUT2D eigenvalue weighted by molar-refractivity contribution is 0.368. The van der Waals surface area contributed by atoms with Gasteiger partial charge >= 0.3 is 7.25 Å². The van der Waals surface area contributed by atoms with E-state index in [2.05, 4.69) is 6.92 Å².